The molecular formula is C15H21FN2O3. The Bertz CT molecular complexity index is 530. The first-order valence-corrected chi connectivity index (χ1v) is 6.80. The van der Waals surface area contributed by atoms with Crippen LogP contribution in [0.15, 0.2) is 12.1 Å². The summed E-state index contributed by atoms with van der Waals surface area (Å²) in [5.41, 5.74) is 5.82. The van der Waals surface area contributed by atoms with Gasteiger partial charge in [-0.15, -0.1) is 0 Å². The number of aryl methyl sites for hydroxylation is 1. The Kier molecular flexibility index (Phi) is 6.14. The van der Waals surface area contributed by atoms with Crippen LogP contribution in [0.5, 0.6) is 0 Å². The third-order valence-electron chi connectivity index (χ3n) is 2.87. The van der Waals surface area contributed by atoms with Gasteiger partial charge < -0.3 is 15.8 Å². The smallest absolute Gasteiger partial charge is 0.341 e. The van der Waals surface area contributed by atoms with Gasteiger partial charge in [-0.25, -0.2) is 9.18 Å². The van der Waals surface area contributed by atoms with Crippen LogP contribution in [0, 0.1) is 18.7 Å². The van der Waals surface area contributed by atoms with Crippen LogP contribution < -0.4 is 11.1 Å². The van der Waals surface area contributed by atoms with E-state index in [1.807, 2.05) is 13.8 Å². The maximum Gasteiger partial charge on any atom is 0.341 e. The molecule has 0 saturated heterocycles. The van der Waals surface area contributed by atoms with Crippen LogP contribution >= 0.6 is 0 Å². The monoisotopic (exact) mass is 296 g/mol. The predicted molar refractivity (Wildman–Crippen MR) is 78.3 cm³/mol. The predicted octanol–water partition coefficient (Wildman–Crippen LogP) is 2.04. The Balaban J connectivity index is 2.53. The fourth-order valence-corrected chi connectivity index (χ4v) is 1.71. The molecule has 0 atom stereocenters. The first kappa shape index (κ1) is 16.9. The van der Waals surface area contributed by atoms with E-state index in [4.69, 9.17) is 10.5 Å². The summed E-state index contributed by atoms with van der Waals surface area (Å²) in [4.78, 5) is 23.2. The zero-order valence-electron chi connectivity index (χ0n) is 12.5. The maximum absolute atomic E-state index is 13.8. The molecule has 0 fully saturated rings. The molecule has 0 aromatic heterocycles. The first-order valence-electron chi connectivity index (χ1n) is 6.80. The summed E-state index contributed by atoms with van der Waals surface area (Å²) in [6, 6.07) is 2.62. The molecule has 0 unspecified atom stereocenters. The highest BCUT2D eigenvalue weighted by atomic mass is 19.1. The van der Waals surface area contributed by atoms with Gasteiger partial charge >= 0.3 is 5.97 Å². The van der Waals surface area contributed by atoms with Gasteiger partial charge in [0.15, 0.2) is 6.61 Å². The minimum absolute atomic E-state index is 0.253. The van der Waals surface area contributed by atoms with Crippen molar-refractivity contribution in [1.82, 2.24) is 5.32 Å². The number of nitrogen functional groups attached to an aromatic ring is 1. The number of benzene rings is 1. The highest BCUT2D eigenvalue weighted by molar-refractivity contribution is 5.92. The lowest BCUT2D eigenvalue weighted by Crippen LogP contribution is -2.30. The molecule has 5 nitrogen and oxygen atoms in total. The van der Waals surface area contributed by atoms with Crippen LogP contribution in [0.1, 0.15) is 36.2 Å². The maximum atomic E-state index is 13.8. The number of ether oxygens (including phenoxy) is 1. The lowest BCUT2D eigenvalue weighted by atomic mass is 10.1. The number of carbonyl (C=O) groups is 2. The van der Waals surface area contributed by atoms with Crippen LogP contribution in [-0.2, 0) is 9.53 Å². The molecule has 1 amide bonds. The van der Waals surface area contributed by atoms with Crippen molar-refractivity contribution in [3.8, 4) is 0 Å². The van der Waals surface area contributed by atoms with E-state index in [9.17, 15) is 14.0 Å². The van der Waals surface area contributed by atoms with Gasteiger partial charge in [-0.3, -0.25) is 4.79 Å². The van der Waals surface area contributed by atoms with Crippen molar-refractivity contribution >= 4 is 17.6 Å². The van der Waals surface area contributed by atoms with Gasteiger partial charge in [0.1, 0.15) is 5.82 Å². The van der Waals surface area contributed by atoms with Gasteiger partial charge in [0.05, 0.1) is 5.56 Å². The van der Waals surface area contributed by atoms with Crippen molar-refractivity contribution in [3.05, 3.63) is 29.1 Å². The van der Waals surface area contributed by atoms with Gasteiger partial charge in [-0.1, -0.05) is 13.8 Å². The largest absolute Gasteiger partial charge is 0.452 e. The van der Waals surface area contributed by atoms with Crippen molar-refractivity contribution in [1.29, 1.82) is 0 Å². The standard InChI is InChI=1S/C15H21FN2O3/c1-9(2)4-5-18-13(19)8-21-15(20)12-7-11(17)6-10(3)14(12)16/h6-7,9H,4-5,8,17H2,1-3H3,(H,18,19). The number of carbonyl (C=O) groups excluding carboxylic acids is 2. The third-order valence-corrected chi connectivity index (χ3v) is 2.87. The van der Waals surface area contributed by atoms with Crippen LogP contribution in [-0.4, -0.2) is 25.0 Å². The number of hydrogen-bond donors (Lipinski definition) is 2. The van der Waals surface area contributed by atoms with Crippen molar-refractivity contribution < 1.29 is 18.7 Å². The molecule has 0 spiro atoms. The number of hydrogen-bond acceptors (Lipinski definition) is 4. The van der Waals surface area contributed by atoms with Crippen LogP contribution in [0.25, 0.3) is 0 Å². The normalized spacial score (nSPS) is 10.5. The number of amides is 1. The fourth-order valence-electron chi connectivity index (χ4n) is 1.71. The molecule has 3 N–H and O–H groups in total. The summed E-state index contributed by atoms with van der Waals surface area (Å²) in [6.45, 7) is 5.65. The molecule has 1 rings (SSSR count). The van der Waals surface area contributed by atoms with Gasteiger partial charge in [-0.2, -0.15) is 0 Å². The zero-order chi connectivity index (χ0) is 16.0. The third kappa shape index (κ3) is 5.41. The Morgan fingerprint density at radius 3 is 2.67 bits per heavy atom. The lowest BCUT2D eigenvalue weighted by molar-refractivity contribution is -0.124. The molecule has 21 heavy (non-hydrogen) atoms. The summed E-state index contributed by atoms with van der Waals surface area (Å²) in [5.74, 6) is -1.53. The van der Waals surface area contributed by atoms with E-state index < -0.39 is 24.3 Å². The Morgan fingerprint density at radius 1 is 1.38 bits per heavy atom. The van der Waals surface area contributed by atoms with E-state index >= 15 is 0 Å². The van der Waals surface area contributed by atoms with Crippen LogP contribution in [0.2, 0.25) is 0 Å². The van der Waals surface area contributed by atoms with Crippen molar-refractivity contribution in [3.63, 3.8) is 0 Å². The molecule has 0 aliphatic rings. The second-order valence-corrected chi connectivity index (χ2v) is 5.31. The Labute approximate surface area is 123 Å². The first-order chi connectivity index (χ1) is 9.81. The van der Waals surface area contributed by atoms with E-state index in [1.54, 1.807) is 0 Å². The second kappa shape index (κ2) is 7.61. The van der Waals surface area contributed by atoms with E-state index in [2.05, 4.69) is 5.32 Å². The molecule has 0 heterocycles. The average molecular weight is 296 g/mol. The highest BCUT2D eigenvalue weighted by Gasteiger charge is 2.17. The molecular weight excluding hydrogens is 275 g/mol. The summed E-state index contributed by atoms with van der Waals surface area (Å²) in [7, 11) is 0. The summed E-state index contributed by atoms with van der Waals surface area (Å²) >= 11 is 0. The molecule has 0 radical (unpaired) electrons. The number of halogens is 1. The van der Waals surface area contributed by atoms with Crippen molar-refractivity contribution in [2.24, 2.45) is 5.92 Å². The zero-order valence-corrected chi connectivity index (χ0v) is 12.5. The number of anilines is 1. The molecule has 0 aliphatic heterocycles. The SMILES string of the molecule is Cc1cc(N)cc(C(=O)OCC(=O)NCCC(C)C)c1F. The topological polar surface area (TPSA) is 81.4 Å². The molecule has 0 saturated carbocycles. The van der Waals surface area contributed by atoms with Crippen LogP contribution in [0.4, 0.5) is 10.1 Å². The minimum Gasteiger partial charge on any atom is -0.452 e. The molecule has 1 aromatic rings. The van der Waals surface area contributed by atoms with Crippen LogP contribution in [0.3, 0.4) is 0 Å². The van der Waals surface area contributed by atoms with Crippen molar-refractivity contribution in [2.45, 2.75) is 27.2 Å². The molecule has 6 heteroatoms. The summed E-state index contributed by atoms with van der Waals surface area (Å²) in [5, 5.41) is 2.62. The van der Waals surface area contributed by atoms with E-state index in [-0.39, 0.29) is 16.8 Å². The van der Waals surface area contributed by atoms with Crippen molar-refractivity contribution in [2.75, 3.05) is 18.9 Å². The second-order valence-electron chi connectivity index (χ2n) is 5.31. The molecule has 1 aromatic carbocycles. The molecule has 0 bridgehead atoms. The lowest BCUT2D eigenvalue weighted by Gasteiger charge is -2.09. The van der Waals surface area contributed by atoms with E-state index in [1.165, 1.54) is 19.1 Å². The summed E-state index contributed by atoms with van der Waals surface area (Å²) < 4.78 is 18.6. The highest BCUT2D eigenvalue weighted by Crippen LogP contribution is 2.17. The Hall–Kier alpha value is -2.11. The molecule has 0 aliphatic carbocycles. The quantitative estimate of drug-likeness (QED) is 0.621. The fraction of sp³-hybridized carbons (Fsp3) is 0.467. The summed E-state index contributed by atoms with van der Waals surface area (Å²) in [6.07, 6.45) is 0.836. The van der Waals surface area contributed by atoms with Gasteiger partial charge in [-0.05, 0) is 37.0 Å². The van der Waals surface area contributed by atoms with Gasteiger partial charge in [0, 0.05) is 12.2 Å². The Morgan fingerprint density at radius 2 is 2.05 bits per heavy atom. The van der Waals surface area contributed by atoms with E-state index in [0.717, 1.165) is 6.42 Å². The number of nitrogens with one attached hydrogen (secondary N) is 1. The van der Waals surface area contributed by atoms with Gasteiger partial charge in [0.2, 0.25) is 0 Å². The molecule has 116 valence electrons. The average Bonchev–Trinajstić information content (AvgIpc) is 2.39. The van der Waals surface area contributed by atoms with Gasteiger partial charge in [0.25, 0.3) is 5.91 Å². The minimum atomic E-state index is -0.901. The van der Waals surface area contributed by atoms with E-state index in [0.29, 0.717) is 12.5 Å². The number of rotatable bonds is 6. The number of nitrogens with two attached hydrogens (primary N) is 1. The number of esters is 1.